The molecule has 0 aliphatic carbocycles. The predicted octanol–water partition coefficient (Wildman–Crippen LogP) is 7.87. The first-order valence-corrected chi connectivity index (χ1v) is 12.4. The van der Waals surface area contributed by atoms with Crippen molar-refractivity contribution in [2.75, 3.05) is 0 Å². The third kappa shape index (κ3) is 7.67. The van der Waals surface area contributed by atoms with Gasteiger partial charge in [-0.15, -0.1) is 0 Å². The minimum atomic E-state index is -0.235. The van der Waals surface area contributed by atoms with Crippen LogP contribution >= 0.6 is 0 Å². The smallest absolute Gasteiger partial charge is 0.311 e. The minimum Gasteiger partial charge on any atom is -0.427 e. The summed E-state index contributed by atoms with van der Waals surface area (Å²) in [6.45, 7) is 0. The maximum absolute atomic E-state index is 12.1. The monoisotopic (exact) mass is 478 g/mol. The second kappa shape index (κ2) is 13.1. The van der Waals surface area contributed by atoms with E-state index in [1.165, 1.54) is 0 Å². The van der Waals surface area contributed by atoms with E-state index >= 15 is 0 Å². The topological polar surface area (TPSA) is 52.6 Å². The van der Waals surface area contributed by atoms with Crippen molar-refractivity contribution in [3.8, 4) is 33.8 Å². The molecule has 0 saturated heterocycles. The summed E-state index contributed by atoms with van der Waals surface area (Å²) in [5, 5.41) is 0. The molecule has 36 heavy (non-hydrogen) atoms. The number of carbonyl (C=O) groups excluding carboxylic acids is 2. The van der Waals surface area contributed by atoms with Crippen molar-refractivity contribution in [2.24, 2.45) is 0 Å². The lowest BCUT2D eigenvalue weighted by atomic mass is 10.1. The van der Waals surface area contributed by atoms with Crippen LogP contribution in [0.25, 0.3) is 22.3 Å². The molecular formula is C32H30O4. The van der Waals surface area contributed by atoms with Crippen molar-refractivity contribution >= 4 is 11.9 Å². The molecule has 0 N–H and O–H groups in total. The molecule has 0 unspecified atom stereocenters. The Balaban J connectivity index is 1.09. The number of ether oxygens (including phenoxy) is 2. The highest BCUT2D eigenvalue weighted by Gasteiger charge is 2.08. The molecular weight excluding hydrogens is 448 g/mol. The molecule has 0 radical (unpaired) electrons. The average molecular weight is 479 g/mol. The highest BCUT2D eigenvalue weighted by Crippen LogP contribution is 2.23. The average Bonchev–Trinajstić information content (AvgIpc) is 2.92. The number of hydrogen-bond donors (Lipinski definition) is 0. The molecule has 0 amide bonds. The van der Waals surface area contributed by atoms with Gasteiger partial charge < -0.3 is 9.47 Å². The van der Waals surface area contributed by atoms with Crippen molar-refractivity contribution in [3.05, 3.63) is 109 Å². The standard InChI is InChI=1S/C32H30O4/c33-31(35-29-21-17-27(18-22-29)25-11-5-3-6-12-25)15-9-1-2-10-16-32(34)36-30-23-19-28(20-24-30)26-13-7-4-8-14-26/h3-8,11-14,17-24H,1-2,9-10,15-16H2. The summed E-state index contributed by atoms with van der Waals surface area (Å²) in [4.78, 5) is 24.3. The van der Waals surface area contributed by atoms with Gasteiger partial charge in [0, 0.05) is 12.8 Å². The van der Waals surface area contributed by atoms with Crippen LogP contribution in [0.4, 0.5) is 0 Å². The summed E-state index contributed by atoms with van der Waals surface area (Å²) in [5.74, 6) is 0.639. The van der Waals surface area contributed by atoms with E-state index in [0.29, 0.717) is 24.3 Å². The van der Waals surface area contributed by atoms with Gasteiger partial charge in [-0.1, -0.05) is 97.8 Å². The van der Waals surface area contributed by atoms with E-state index < -0.39 is 0 Å². The van der Waals surface area contributed by atoms with E-state index in [2.05, 4.69) is 0 Å². The number of hydrogen-bond acceptors (Lipinski definition) is 4. The van der Waals surface area contributed by atoms with Gasteiger partial charge in [0.15, 0.2) is 0 Å². The second-order valence-corrected chi connectivity index (χ2v) is 8.64. The van der Waals surface area contributed by atoms with Gasteiger partial charge in [-0.3, -0.25) is 9.59 Å². The molecule has 4 nitrogen and oxygen atoms in total. The van der Waals surface area contributed by atoms with Gasteiger partial charge in [0.1, 0.15) is 11.5 Å². The Bertz CT molecular complexity index is 1130. The van der Waals surface area contributed by atoms with E-state index in [4.69, 9.17) is 9.47 Å². The van der Waals surface area contributed by atoms with E-state index in [0.717, 1.165) is 47.9 Å². The van der Waals surface area contributed by atoms with Crippen LogP contribution in [0.1, 0.15) is 38.5 Å². The summed E-state index contributed by atoms with van der Waals surface area (Å²) in [5.41, 5.74) is 4.41. The van der Waals surface area contributed by atoms with Gasteiger partial charge >= 0.3 is 11.9 Å². The van der Waals surface area contributed by atoms with Crippen molar-refractivity contribution in [3.63, 3.8) is 0 Å². The minimum absolute atomic E-state index is 0.235. The summed E-state index contributed by atoms with van der Waals surface area (Å²) in [6.07, 6.45) is 3.91. The molecule has 0 aliphatic rings. The number of unbranched alkanes of at least 4 members (excludes halogenated alkanes) is 3. The Morgan fingerprint density at radius 3 is 1.11 bits per heavy atom. The quantitative estimate of drug-likeness (QED) is 0.125. The zero-order chi connectivity index (χ0) is 25.0. The van der Waals surface area contributed by atoms with Crippen LogP contribution < -0.4 is 9.47 Å². The Hall–Kier alpha value is -4.18. The lowest BCUT2D eigenvalue weighted by molar-refractivity contribution is -0.135. The molecule has 0 heterocycles. The Morgan fingerprint density at radius 2 is 0.750 bits per heavy atom. The molecule has 0 aromatic heterocycles. The van der Waals surface area contributed by atoms with Crippen LogP contribution in [0.3, 0.4) is 0 Å². The van der Waals surface area contributed by atoms with Crippen molar-refractivity contribution < 1.29 is 19.1 Å². The molecule has 0 bridgehead atoms. The second-order valence-electron chi connectivity index (χ2n) is 8.64. The van der Waals surface area contributed by atoms with Gasteiger partial charge in [0.05, 0.1) is 0 Å². The van der Waals surface area contributed by atoms with Crippen molar-refractivity contribution in [1.29, 1.82) is 0 Å². The molecule has 4 aromatic carbocycles. The van der Waals surface area contributed by atoms with Crippen molar-refractivity contribution in [1.82, 2.24) is 0 Å². The zero-order valence-corrected chi connectivity index (χ0v) is 20.3. The number of benzene rings is 4. The van der Waals surface area contributed by atoms with Crippen LogP contribution in [0, 0.1) is 0 Å². The third-order valence-electron chi connectivity index (χ3n) is 5.90. The summed E-state index contributed by atoms with van der Waals surface area (Å²) in [6, 6.07) is 35.2. The van der Waals surface area contributed by atoms with E-state index in [1.54, 1.807) is 0 Å². The first-order valence-electron chi connectivity index (χ1n) is 12.4. The summed E-state index contributed by atoms with van der Waals surface area (Å²) in [7, 11) is 0. The lowest BCUT2D eigenvalue weighted by Crippen LogP contribution is -2.08. The number of rotatable bonds is 11. The normalized spacial score (nSPS) is 10.6. The number of carbonyl (C=O) groups is 2. The lowest BCUT2D eigenvalue weighted by Gasteiger charge is -2.07. The zero-order valence-electron chi connectivity index (χ0n) is 20.3. The predicted molar refractivity (Wildman–Crippen MR) is 143 cm³/mol. The Morgan fingerprint density at radius 1 is 0.417 bits per heavy atom. The van der Waals surface area contributed by atoms with Gasteiger partial charge in [-0.25, -0.2) is 0 Å². The number of esters is 2. The van der Waals surface area contributed by atoms with Gasteiger partial charge in [0.25, 0.3) is 0 Å². The first kappa shape index (κ1) is 24.9. The molecule has 0 spiro atoms. The molecule has 4 aromatic rings. The van der Waals surface area contributed by atoms with Crippen LogP contribution in [0.15, 0.2) is 109 Å². The molecule has 0 fully saturated rings. The fraction of sp³-hybridized carbons (Fsp3) is 0.188. The fourth-order valence-electron chi connectivity index (χ4n) is 3.95. The molecule has 4 rings (SSSR count). The summed E-state index contributed by atoms with van der Waals surface area (Å²) >= 11 is 0. The van der Waals surface area contributed by atoms with E-state index in [1.807, 2.05) is 109 Å². The molecule has 4 heteroatoms. The van der Waals surface area contributed by atoms with Gasteiger partial charge in [-0.05, 0) is 59.4 Å². The highest BCUT2D eigenvalue weighted by atomic mass is 16.5. The van der Waals surface area contributed by atoms with Crippen LogP contribution in [-0.2, 0) is 9.59 Å². The third-order valence-corrected chi connectivity index (χ3v) is 5.90. The van der Waals surface area contributed by atoms with E-state index in [9.17, 15) is 9.59 Å². The van der Waals surface area contributed by atoms with E-state index in [-0.39, 0.29) is 11.9 Å². The van der Waals surface area contributed by atoms with Gasteiger partial charge in [0.2, 0.25) is 0 Å². The SMILES string of the molecule is O=C(CCCCCCC(=O)Oc1ccc(-c2ccccc2)cc1)Oc1ccc(-c2ccccc2)cc1. The highest BCUT2D eigenvalue weighted by molar-refractivity contribution is 5.73. The Labute approximate surface area is 212 Å². The first-order chi connectivity index (χ1) is 17.7. The van der Waals surface area contributed by atoms with Crippen LogP contribution in [0.5, 0.6) is 11.5 Å². The largest absolute Gasteiger partial charge is 0.427 e. The Kier molecular flexibility index (Phi) is 9.04. The molecule has 0 aliphatic heterocycles. The molecule has 0 atom stereocenters. The fourth-order valence-corrected chi connectivity index (χ4v) is 3.95. The molecule has 0 saturated carbocycles. The van der Waals surface area contributed by atoms with Crippen molar-refractivity contribution in [2.45, 2.75) is 38.5 Å². The maximum atomic E-state index is 12.1. The molecule has 182 valence electrons. The van der Waals surface area contributed by atoms with Crippen LogP contribution in [-0.4, -0.2) is 11.9 Å². The summed E-state index contributed by atoms with van der Waals surface area (Å²) < 4.78 is 10.9. The van der Waals surface area contributed by atoms with Gasteiger partial charge in [-0.2, -0.15) is 0 Å². The van der Waals surface area contributed by atoms with Crippen LogP contribution in [0.2, 0.25) is 0 Å². The maximum Gasteiger partial charge on any atom is 0.311 e.